The van der Waals surface area contributed by atoms with E-state index in [1.807, 2.05) is 0 Å². The molecule has 1 aromatic carbocycles. The van der Waals surface area contributed by atoms with Crippen LogP contribution in [0.2, 0.25) is 0 Å². The zero-order valence-corrected chi connectivity index (χ0v) is 10.2. The molecule has 0 heterocycles. The molecule has 5 heteroatoms. The van der Waals surface area contributed by atoms with Gasteiger partial charge in [-0.1, -0.05) is 0 Å². The number of primary amides is 1. The summed E-state index contributed by atoms with van der Waals surface area (Å²) in [6.45, 7) is 0. The van der Waals surface area contributed by atoms with Gasteiger partial charge in [-0.15, -0.1) is 0 Å². The first-order valence-electron chi connectivity index (χ1n) is 5.08. The molecule has 4 N–H and O–H groups in total. The number of carbonyl (C=O) groups is 1. The van der Waals surface area contributed by atoms with Crippen molar-refractivity contribution >= 4 is 21.8 Å². The molecule has 86 valence electrons. The third kappa shape index (κ3) is 2.36. The topological polar surface area (TPSA) is 78.3 Å². The van der Waals surface area contributed by atoms with E-state index in [9.17, 15) is 4.79 Å². The molecule has 1 aliphatic carbocycles. The molecule has 0 aromatic heterocycles. The lowest BCUT2D eigenvalue weighted by Gasteiger charge is -2.32. The van der Waals surface area contributed by atoms with Gasteiger partial charge in [-0.05, 0) is 47.0 Å². The minimum absolute atomic E-state index is 0.186. The minimum Gasteiger partial charge on any atom is -0.489 e. The molecule has 1 saturated carbocycles. The van der Waals surface area contributed by atoms with Gasteiger partial charge in [0.1, 0.15) is 11.9 Å². The Morgan fingerprint density at radius 2 is 2.12 bits per heavy atom. The number of hydrogen-bond donors (Lipinski definition) is 2. The lowest BCUT2D eigenvalue weighted by Crippen LogP contribution is -2.43. The molecular weight excluding hydrogens is 272 g/mol. The predicted octanol–water partition coefficient (Wildman–Crippen LogP) is 1.42. The highest BCUT2D eigenvalue weighted by atomic mass is 79.9. The maximum absolute atomic E-state index is 10.9. The quantitative estimate of drug-likeness (QED) is 0.881. The molecule has 16 heavy (non-hydrogen) atoms. The Morgan fingerprint density at radius 1 is 1.44 bits per heavy atom. The fraction of sp³-hybridized carbons (Fsp3) is 0.364. The largest absolute Gasteiger partial charge is 0.489 e. The monoisotopic (exact) mass is 284 g/mol. The summed E-state index contributed by atoms with van der Waals surface area (Å²) in [5, 5.41) is 0. The minimum atomic E-state index is -0.446. The van der Waals surface area contributed by atoms with Crippen molar-refractivity contribution in [3.63, 3.8) is 0 Å². The molecule has 0 aliphatic heterocycles. The number of amides is 1. The van der Waals surface area contributed by atoms with Crippen LogP contribution in [-0.4, -0.2) is 18.1 Å². The van der Waals surface area contributed by atoms with Crippen LogP contribution >= 0.6 is 15.9 Å². The zero-order chi connectivity index (χ0) is 11.7. The molecule has 4 nitrogen and oxygen atoms in total. The number of ether oxygens (including phenoxy) is 1. The lowest BCUT2D eigenvalue weighted by molar-refractivity contribution is 0.0992. The van der Waals surface area contributed by atoms with E-state index in [2.05, 4.69) is 15.9 Å². The number of rotatable bonds is 3. The molecule has 1 aromatic rings. The van der Waals surface area contributed by atoms with E-state index in [0.29, 0.717) is 5.56 Å². The maximum atomic E-state index is 10.9. The fourth-order valence-electron chi connectivity index (χ4n) is 1.63. The summed E-state index contributed by atoms with van der Waals surface area (Å²) in [4.78, 5) is 10.9. The maximum Gasteiger partial charge on any atom is 0.248 e. The summed E-state index contributed by atoms with van der Waals surface area (Å²) >= 11 is 3.35. The molecular formula is C11H13BrN2O2. The summed E-state index contributed by atoms with van der Waals surface area (Å²) in [5.41, 5.74) is 11.3. The number of halogens is 1. The summed E-state index contributed by atoms with van der Waals surface area (Å²) in [6.07, 6.45) is 1.94. The Bertz CT molecular complexity index is 416. The Labute approximate surface area is 102 Å². The van der Waals surface area contributed by atoms with Gasteiger partial charge in [0, 0.05) is 11.6 Å². The average Bonchev–Trinajstić information content (AvgIpc) is 2.18. The third-order valence-electron chi connectivity index (χ3n) is 2.64. The van der Waals surface area contributed by atoms with Crippen molar-refractivity contribution in [2.24, 2.45) is 11.5 Å². The van der Waals surface area contributed by atoms with Gasteiger partial charge in [-0.25, -0.2) is 0 Å². The molecule has 0 atom stereocenters. The van der Waals surface area contributed by atoms with E-state index in [0.717, 1.165) is 23.1 Å². The zero-order valence-electron chi connectivity index (χ0n) is 8.65. The average molecular weight is 285 g/mol. The second kappa shape index (κ2) is 4.43. The molecule has 0 bridgehead atoms. The SMILES string of the molecule is NC(=O)c1ccc(OC2CC(N)C2)c(Br)c1. The fourth-order valence-corrected chi connectivity index (χ4v) is 2.10. The van der Waals surface area contributed by atoms with Gasteiger partial charge in [0.25, 0.3) is 0 Å². The molecule has 0 radical (unpaired) electrons. The van der Waals surface area contributed by atoms with Crippen molar-refractivity contribution in [3.05, 3.63) is 28.2 Å². The summed E-state index contributed by atoms with van der Waals surface area (Å²) in [7, 11) is 0. The first-order valence-corrected chi connectivity index (χ1v) is 5.87. The van der Waals surface area contributed by atoms with Crippen LogP contribution < -0.4 is 16.2 Å². The Balaban J connectivity index is 2.07. The molecule has 1 aliphatic rings. The van der Waals surface area contributed by atoms with Crippen molar-refractivity contribution in [1.82, 2.24) is 0 Å². The van der Waals surface area contributed by atoms with Crippen LogP contribution in [0.3, 0.4) is 0 Å². The van der Waals surface area contributed by atoms with Crippen molar-refractivity contribution in [3.8, 4) is 5.75 Å². The molecule has 1 fully saturated rings. The highest BCUT2D eigenvalue weighted by molar-refractivity contribution is 9.10. The van der Waals surface area contributed by atoms with E-state index in [1.54, 1.807) is 18.2 Å². The van der Waals surface area contributed by atoms with Gasteiger partial charge in [0.05, 0.1) is 4.47 Å². The van der Waals surface area contributed by atoms with Crippen molar-refractivity contribution in [2.45, 2.75) is 25.0 Å². The highest BCUT2D eigenvalue weighted by Gasteiger charge is 2.28. The Kier molecular flexibility index (Phi) is 3.16. The van der Waals surface area contributed by atoms with Crippen LogP contribution in [-0.2, 0) is 0 Å². The van der Waals surface area contributed by atoms with Crippen molar-refractivity contribution in [2.75, 3.05) is 0 Å². The first kappa shape index (κ1) is 11.4. The van der Waals surface area contributed by atoms with Crippen molar-refractivity contribution in [1.29, 1.82) is 0 Å². The molecule has 0 spiro atoms. The summed E-state index contributed by atoms with van der Waals surface area (Å²) < 4.78 is 6.45. The standard InChI is InChI=1S/C11H13BrN2O2/c12-9-3-6(11(14)15)1-2-10(9)16-8-4-7(13)5-8/h1-3,7-8H,4-5,13H2,(H2,14,15). The number of hydrogen-bond acceptors (Lipinski definition) is 3. The van der Waals surface area contributed by atoms with Crippen molar-refractivity contribution < 1.29 is 9.53 Å². The van der Waals surface area contributed by atoms with Crippen LogP contribution in [0.15, 0.2) is 22.7 Å². The van der Waals surface area contributed by atoms with Crippen LogP contribution in [0.4, 0.5) is 0 Å². The summed E-state index contributed by atoms with van der Waals surface area (Å²) in [6, 6.07) is 5.32. The van der Waals surface area contributed by atoms with E-state index in [4.69, 9.17) is 16.2 Å². The van der Waals surface area contributed by atoms with Crippen LogP contribution in [0.1, 0.15) is 23.2 Å². The van der Waals surface area contributed by atoms with E-state index in [1.165, 1.54) is 0 Å². The molecule has 1 amide bonds. The van der Waals surface area contributed by atoms with Gasteiger partial charge in [0.15, 0.2) is 0 Å². The Morgan fingerprint density at radius 3 is 2.62 bits per heavy atom. The molecule has 2 rings (SSSR count). The number of carbonyl (C=O) groups excluding carboxylic acids is 1. The molecule has 0 unspecified atom stereocenters. The van der Waals surface area contributed by atoms with Gasteiger partial charge in [-0.3, -0.25) is 4.79 Å². The normalized spacial score (nSPS) is 23.6. The van der Waals surface area contributed by atoms with Crippen LogP contribution in [0, 0.1) is 0 Å². The Hall–Kier alpha value is -1.07. The van der Waals surface area contributed by atoms with E-state index < -0.39 is 5.91 Å². The predicted molar refractivity (Wildman–Crippen MR) is 64.3 cm³/mol. The lowest BCUT2D eigenvalue weighted by atomic mass is 9.90. The number of benzene rings is 1. The second-order valence-electron chi connectivity index (χ2n) is 3.98. The van der Waals surface area contributed by atoms with Crippen LogP contribution in [0.25, 0.3) is 0 Å². The van der Waals surface area contributed by atoms with Crippen LogP contribution in [0.5, 0.6) is 5.75 Å². The van der Waals surface area contributed by atoms with E-state index >= 15 is 0 Å². The van der Waals surface area contributed by atoms with E-state index in [-0.39, 0.29) is 12.1 Å². The van der Waals surface area contributed by atoms with Gasteiger partial charge in [0.2, 0.25) is 5.91 Å². The second-order valence-corrected chi connectivity index (χ2v) is 4.84. The first-order chi connectivity index (χ1) is 7.56. The summed E-state index contributed by atoms with van der Waals surface area (Å²) in [5.74, 6) is 0.278. The molecule has 0 saturated heterocycles. The smallest absolute Gasteiger partial charge is 0.248 e. The highest BCUT2D eigenvalue weighted by Crippen LogP contribution is 2.31. The van der Waals surface area contributed by atoms with Gasteiger partial charge < -0.3 is 16.2 Å². The number of nitrogens with two attached hydrogens (primary N) is 2. The van der Waals surface area contributed by atoms with Gasteiger partial charge in [-0.2, -0.15) is 0 Å². The third-order valence-corrected chi connectivity index (χ3v) is 3.26. The van der Waals surface area contributed by atoms with Gasteiger partial charge >= 0.3 is 0 Å².